The molecule has 1 saturated heterocycles. The third kappa shape index (κ3) is 2.16. The van der Waals surface area contributed by atoms with E-state index in [4.69, 9.17) is 11.6 Å². The highest BCUT2D eigenvalue weighted by molar-refractivity contribution is 9.10. The van der Waals surface area contributed by atoms with Crippen molar-refractivity contribution in [1.82, 2.24) is 4.90 Å². The Morgan fingerprint density at radius 3 is 2.82 bits per heavy atom. The fourth-order valence-corrected chi connectivity index (χ4v) is 3.65. The topological polar surface area (TPSA) is 3.24 Å². The Morgan fingerprint density at radius 1 is 1.35 bits per heavy atom. The van der Waals surface area contributed by atoms with E-state index in [1.54, 1.807) is 0 Å². The Labute approximate surface area is 116 Å². The Morgan fingerprint density at radius 2 is 2.12 bits per heavy atom. The molecule has 1 nitrogen and oxygen atoms in total. The molecule has 1 unspecified atom stereocenters. The first kappa shape index (κ1) is 12.0. The average Bonchev–Trinajstić information content (AvgIpc) is 2.91. The molecular weight excluding hydrogens is 298 g/mol. The monoisotopic (exact) mass is 313 g/mol. The van der Waals surface area contributed by atoms with Crippen molar-refractivity contribution in [1.29, 1.82) is 0 Å². The molecule has 0 aromatic heterocycles. The molecule has 1 aromatic rings. The van der Waals surface area contributed by atoms with E-state index in [0.717, 1.165) is 24.8 Å². The van der Waals surface area contributed by atoms with Gasteiger partial charge in [-0.2, -0.15) is 0 Å². The summed E-state index contributed by atoms with van der Waals surface area (Å²) in [4.78, 5) is 2.58. The van der Waals surface area contributed by atoms with E-state index < -0.39 is 0 Å². The largest absolute Gasteiger partial charge is 0.302 e. The minimum Gasteiger partial charge on any atom is -0.302 e. The van der Waals surface area contributed by atoms with Gasteiger partial charge in [0.2, 0.25) is 0 Å². The van der Waals surface area contributed by atoms with E-state index in [-0.39, 0.29) is 0 Å². The van der Waals surface area contributed by atoms with E-state index >= 15 is 0 Å². The number of fused-ring (bicyclic) bond motifs is 1. The number of hydrogen-bond acceptors (Lipinski definition) is 1. The van der Waals surface area contributed by atoms with Gasteiger partial charge in [0.25, 0.3) is 0 Å². The molecule has 1 aromatic carbocycles. The van der Waals surface area contributed by atoms with Crippen LogP contribution in [-0.4, -0.2) is 30.4 Å². The van der Waals surface area contributed by atoms with Gasteiger partial charge in [0.15, 0.2) is 0 Å². The van der Waals surface area contributed by atoms with Crippen LogP contribution in [0.4, 0.5) is 0 Å². The number of hydrogen-bond donors (Lipinski definition) is 0. The molecule has 1 saturated carbocycles. The summed E-state index contributed by atoms with van der Waals surface area (Å²) in [5.41, 5.74) is 2.01. The van der Waals surface area contributed by atoms with Crippen LogP contribution in [0.25, 0.3) is 0 Å². The number of benzene rings is 1. The Hall–Kier alpha value is -0.0500. The van der Waals surface area contributed by atoms with Crippen molar-refractivity contribution in [2.24, 2.45) is 5.92 Å². The summed E-state index contributed by atoms with van der Waals surface area (Å²) in [7, 11) is 0. The first-order valence-corrected chi connectivity index (χ1v) is 7.62. The highest BCUT2D eigenvalue weighted by Crippen LogP contribution is 2.58. The lowest BCUT2D eigenvalue weighted by molar-refractivity contribution is 0.299. The summed E-state index contributed by atoms with van der Waals surface area (Å²) in [5.74, 6) is 1.67. The molecule has 17 heavy (non-hydrogen) atoms. The molecule has 0 N–H and O–H groups in total. The second kappa shape index (κ2) is 4.56. The molecule has 0 amide bonds. The zero-order chi connectivity index (χ0) is 11.9. The highest BCUT2D eigenvalue weighted by atomic mass is 79.9. The number of nitrogens with zero attached hydrogens (tertiary/aromatic N) is 1. The maximum Gasteiger partial charge on any atom is 0.0235 e. The maximum atomic E-state index is 5.76. The number of halogens is 2. The molecule has 3 heteroatoms. The quantitative estimate of drug-likeness (QED) is 0.767. The fourth-order valence-electron chi connectivity index (χ4n) is 3.27. The van der Waals surface area contributed by atoms with Gasteiger partial charge >= 0.3 is 0 Å². The van der Waals surface area contributed by atoms with Gasteiger partial charge in [-0.1, -0.05) is 28.1 Å². The SMILES string of the molecule is ClCCCN1C[C@H]2CC2(c2ccc(Br)cc2)C1. The number of piperidine rings is 1. The molecule has 1 aliphatic heterocycles. The lowest BCUT2D eigenvalue weighted by atomic mass is 9.95. The van der Waals surface area contributed by atoms with Gasteiger partial charge < -0.3 is 4.90 Å². The van der Waals surface area contributed by atoms with Crippen molar-refractivity contribution in [3.63, 3.8) is 0 Å². The van der Waals surface area contributed by atoms with Crippen LogP contribution >= 0.6 is 27.5 Å². The lowest BCUT2D eigenvalue weighted by Gasteiger charge is -2.20. The molecule has 2 aliphatic rings. The normalized spacial score (nSPS) is 31.5. The third-order valence-corrected chi connectivity index (χ3v) is 5.04. The summed E-state index contributed by atoms with van der Waals surface area (Å²) in [6.07, 6.45) is 2.50. The zero-order valence-corrected chi connectivity index (χ0v) is 12.2. The van der Waals surface area contributed by atoms with Gasteiger partial charge in [0.05, 0.1) is 0 Å². The molecule has 0 bridgehead atoms. The molecule has 2 atom stereocenters. The van der Waals surface area contributed by atoms with Crippen LogP contribution in [0.2, 0.25) is 0 Å². The van der Waals surface area contributed by atoms with Crippen molar-refractivity contribution in [3.8, 4) is 0 Å². The van der Waals surface area contributed by atoms with Crippen LogP contribution in [0.15, 0.2) is 28.7 Å². The molecule has 2 fully saturated rings. The van der Waals surface area contributed by atoms with Crippen LogP contribution in [0.5, 0.6) is 0 Å². The smallest absolute Gasteiger partial charge is 0.0235 e. The van der Waals surface area contributed by atoms with Crippen LogP contribution in [0.3, 0.4) is 0 Å². The fraction of sp³-hybridized carbons (Fsp3) is 0.571. The van der Waals surface area contributed by atoms with Crippen LogP contribution in [-0.2, 0) is 5.41 Å². The highest BCUT2D eigenvalue weighted by Gasteiger charge is 2.60. The van der Waals surface area contributed by atoms with Gasteiger partial charge in [0, 0.05) is 28.9 Å². The van der Waals surface area contributed by atoms with Crippen LogP contribution in [0.1, 0.15) is 18.4 Å². The van der Waals surface area contributed by atoms with Crippen molar-refractivity contribution in [2.75, 3.05) is 25.5 Å². The van der Waals surface area contributed by atoms with Crippen molar-refractivity contribution < 1.29 is 0 Å². The first-order chi connectivity index (χ1) is 8.24. The summed E-state index contributed by atoms with van der Waals surface area (Å²) < 4.78 is 1.17. The Balaban J connectivity index is 1.71. The van der Waals surface area contributed by atoms with Crippen molar-refractivity contribution in [2.45, 2.75) is 18.3 Å². The summed E-state index contributed by atoms with van der Waals surface area (Å²) in [6, 6.07) is 8.91. The Kier molecular flexibility index (Phi) is 3.22. The predicted octanol–water partition coefficient (Wildman–Crippen LogP) is 3.65. The number of rotatable bonds is 4. The van der Waals surface area contributed by atoms with E-state index in [9.17, 15) is 0 Å². The molecule has 1 aliphatic carbocycles. The number of alkyl halides is 1. The molecule has 1 heterocycles. The van der Waals surface area contributed by atoms with Crippen LogP contribution < -0.4 is 0 Å². The van der Waals surface area contributed by atoms with Crippen molar-refractivity contribution in [3.05, 3.63) is 34.3 Å². The lowest BCUT2D eigenvalue weighted by Crippen LogP contribution is -2.27. The zero-order valence-electron chi connectivity index (χ0n) is 9.83. The first-order valence-electron chi connectivity index (χ1n) is 6.29. The van der Waals surface area contributed by atoms with Gasteiger partial charge in [-0.3, -0.25) is 0 Å². The van der Waals surface area contributed by atoms with E-state index in [2.05, 4.69) is 45.1 Å². The van der Waals surface area contributed by atoms with Crippen molar-refractivity contribution >= 4 is 27.5 Å². The van der Waals surface area contributed by atoms with Crippen LogP contribution in [0, 0.1) is 5.92 Å². The minimum atomic E-state index is 0.479. The molecule has 3 rings (SSSR count). The van der Waals surface area contributed by atoms with Gasteiger partial charge in [-0.15, -0.1) is 11.6 Å². The second-order valence-corrected chi connectivity index (χ2v) is 6.64. The standard InChI is InChI=1S/C14H17BrClN/c15-13-4-2-11(3-5-13)14-8-12(14)9-17(10-14)7-1-6-16/h2-5,12H,1,6-10H2/t12-,14?/m1/s1. The summed E-state index contributed by atoms with van der Waals surface area (Å²) in [6.45, 7) is 3.67. The molecule has 92 valence electrons. The van der Waals surface area contributed by atoms with E-state index in [1.807, 2.05) is 0 Å². The molecule has 0 radical (unpaired) electrons. The summed E-state index contributed by atoms with van der Waals surface area (Å²) in [5, 5.41) is 0. The van der Waals surface area contributed by atoms with Gasteiger partial charge in [-0.25, -0.2) is 0 Å². The molecule has 0 spiro atoms. The minimum absolute atomic E-state index is 0.479. The predicted molar refractivity (Wildman–Crippen MR) is 75.7 cm³/mol. The van der Waals surface area contributed by atoms with Gasteiger partial charge in [-0.05, 0) is 43.0 Å². The van der Waals surface area contributed by atoms with E-state index in [0.29, 0.717) is 5.41 Å². The third-order valence-electron chi connectivity index (χ3n) is 4.24. The van der Waals surface area contributed by atoms with E-state index in [1.165, 1.54) is 29.5 Å². The Bertz CT molecular complexity index is 405. The molecular formula is C14H17BrClN. The van der Waals surface area contributed by atoms with Gasteiger partial charge in [0.1, 0.15) is 0 Å². The average molecular weight is 315 g/mol. The summed E-state index contributed by atoms with van der Waals surface area (Å²) >= 11 is 9.27. The second-order valence-electron chi connectivity index (χ2n) is 5.34. The number of likely N-dealkylation sites (tertiary alicyclic amines) is 1. The maximum absolute atomic E-state index is 5.76.